The second-order valence-corrected chi connectivity index (χ2v) is 14.2. The van der Waals surface area contributed by atoms with Crippen LogP contribution < -0.4 is 19.7 Å². The molecule has 4 aliphatic rings. The zero-order valence-electron chi connectivity index (χ0n) is 24.5. The summed E-state index contributed by atoms with van der Waals surface area (Å²) >= 11 is 2.74. The molecule has 7 rings (SSSR count). The molecule has 3 N–H and O–H groups in total. The van der Waals surface area contributed by atoms with E-state index in [9.17, 15) is 24.0 Å². The molecule has 234 valence electrons. The molecule has 2 saturated carbocycles. The molecule has 6 unspecified atom stereocenters. The highest BCUT2D eigenvalue weighted by Gasteiger charge is 2.69. The van der Waals surface area contributed by atoms with Gasteiger partial charge in [-0.2, -0.15) is 0 Å². The number of thioether (sulfide) groups is 1. The predicted octanol–water partition coefficient (Wildman–Crippen LogP) is 3.72. The van der Waals surface area contributed by atoms with E-state index >= 15 is 0 Å². The van der Waals surface area contributed by atoms with E-state index in [-0.39, 0.29) is 71.1 Å². The van der Waals surface area contributed by atoms with Crippen molar-refractivity contribution in [2.75, 3.05) is 25.6 Å². The molecule has 3 amide bonds. The number of likely N-dealkylation sites (tertiary alicyclic amines) is 1. The highest BCUT2D eigenvalue weighted by molar-refractivity contribution is 8.00. The molecule has 0 spiro atoms. The highest BCUT2D eigenvalue weighted by Crippen LogP contribution is 2.68. The summed E-state index contributed by atoms with van der Waals surface area (Å²) in [5.74, 6) is -2.45. The van der Waals surface area contributed by atoms with E-state index in [2.05, 4.69) is 10.3 Å². The molecule has 0 radical (unpaired) electrons. The van der Waals surface area contributed by atoms with Crippen LogP contribution in [0.2, 0.25) is 0 Å². The van der Waals surface area contributed by atoms with Crippen molar-refractivity contribution in [3.63, 3.8) is 0 Å². The molecule has 2 aliphatic carbocycles. The van der Waals surface area contributed by atoms with Gasteiger partial charge in [0.05, 0.1) is 30.4 Å². The summed E-state index contributed by atoms with van der Waals surface area (Å²) in [5, 5.41) is 12.8. The van der Waals surface area contributed by atoms with Gasteiger partial charge in [-0.1, -0.05) is 35.1 Å². The molecule has 3 heterocycles. The van der Waals surface area contributed by atoms with Crippen molar-refractivity contribution in [3.8, 4) is 11.5 Å². The molecule has 3 fully saturated rings. The standard InChI is InChI=1S/C32H31N3O8S2/c1-14-3-6-16(7-4-14)33-21(36)13-43-19-8-5-15(11-20(19)42-2)23-24-17-12-18(27(24)44-29-28(23)45-32(41)34-29)26-25(17)30(39)35(31(26)40)10-9-22(37)38/h3-8,11,17-18,23-27H,9-10,12-13H2,1-2H3,(H,33,36)(H,34,41)(H,37,38)/t17?,18?,23-,24?,25?,26?,27?/m1/s1. The molecule has 7 atom stereocenters. The highest BCUT2D eigenvalue weighted by atomic mass is 32.2. The number of aryl methyl sites for hydroxylation is 1. The van der Waals surface area contributed by atoms with Crippen LogP contribution in [-0.2, 0) is 19.2 Å². The van der Waals surface area contributed by atoms with Gasteiger partial charge in [-0.15, -0.1) is 11.8 Å². The molecule has 45 heavy (non-hydrogen) atoms. The van der Waals surface area contributed by atoms with Crippen LogP contribution in [0.15, 0.2) is 52.3 Å². The Morgan fingerprint density at radius 2 is 1.78 bits per heavy atom. The number of hydrogen-bond acceptors (Lipinski definition) is 9. The molecule has 11 nitrogen and oxygen atoms in total. The lowest BCUT2D eigenvalue weighted by atomic mass is 9.68. The number of imide groups is 1. The zero-order valence-corrected chi connectivity index (χ0v) is 26.1. The van der Waals surface area contributed by atoms with Crippen LogP contribution >= 0.6 is 23.1 Å². The number of nitrogens with zero attached hydrogens (tertiary/aromatic N) is 1. The van der Waals surface area contributed by atoms with Gasteiger partial charge in [-0.05, 0) is 60.9 Å². The van der Waals surface area contributed by atoms with Gasteiger partial charge in [0.1, 0.15) is 0 Å². The summed E-state index contributed by atoms with van der Waals surface area (Å²) in [6.45, 7) is 1.63. The third kappa shape index (κ3) is 5.02. The molecule has 1 aromatic heterocycles. The van der Waals surface area contributed by atoms with Gasteiger partial charge < -0.3 is 24.9 Å². The summed E-state index contributed by atoms with van der Waals surface area (Å²) in [7, 11) is 1.52. The lowest BCUT2D eigenvalue weighted by Crippen LogP contribution is -2.42. The number of carboxylic acid groups (broad SMARTS) is 1. The number of aromatic nitrogens is 1. The zero-order chi connectivity index (χ0) is 31.6. The number of rotatable bonds is 9. The number of ether oxygens (including phenoxy) is 2. The van der Waals surface area contributed by atoms with Gasteiger partial charge >= 0.3 is 10.8 Å². The summed E-state index contributed by atoms with van der Waals surface area (Å²) in [6.07, 6.45) is 0.447. The lowest BCUT2D eigenvalue weighted by molar-refractivity contribution is -0.142. The summed E-state index contributed by atoms with van der Waals surface area (Å²) in [5.41, 5.74) is 2.64. The van der Waals surface area contributed by atoms with Crippen molar-refractivity contribution in [3.05, 3.63) is 68.1 Å². The molecule has 2 aliphatic heterocycles. The summed E-state index contributed by atoms with van der Waals surface area (Å²) in [4.78, 5) is 68.2. The number of aromatic amines is 1. The monoisotopic (exact) mass is 649 g/mol. The van der Waals surface area contributed by atoms with Crippen molar-refractivity contribution < 1.29 is 33.8 Å². The van der Waals surface area contributed by atoms with Crippen molar-refractivity contribution >= 4 is 52.5 Å². The Labute approximate surface area is 266 Å². The minimum absolute atomic E-state index is 0.00238. The fourth-order valence-corrected chi connectivity index (χ4v) is 10.7. The first-order chi connectivity index (χ1) is 21.6. The van der Waals surface area contributed by atoms with E-state index in [4.69, 9.17) is 14.6 Å². The van der Waals surface area contributed by atoms with E-state index in [0.29, 0.717) is 17.2 Å². The maximum absolute atomic E-state index is 13.6. The Morgan fingerprint density at radius 3 is 2.49 bits per heavy atom. The smallest absolute Gasteiger partial charge is 0.305 e. The first-order valence-electron chi connectivity index (χ1n) is 14.8. The number of hydrogen-bond donors (Lipinski definition) is 3. The van der Waals surface area contributed by atoms with Crippen LogP contribution in [0.4, 0.5) is 5.69 Å². The fraction of sp³-hybridized carbons (Fsp3) is 0.406. The SMILES string of the molecule is COc1cc([C@H]2c3sc(=O)[nH]c3SC3C4CC(C5C(=O)N(CCC(=O)O)C(=O)C45)C32)ccc1OCC(=O)Nc1ccc(C)cc1. The van der Waals surface area contributed by atoms with Gasteiger partial charge in [-0.25, -0.2) is 0 Å². The Balaban J connectivity index is 1.16. The Bertz CT molecular complexity index is 1770. The number of amides is 3. The molecular formula is C32H31N3O8S2. The van der Waals surface area contributed by atoms with Gasteiger partial charge in [0.15, 0.2) is 18.1 Å². The normalized spacial score (nSPS) is 27.6. The summed E-state index contributed by atoms with van der Waals surface area (Å²) in [6, 6.07) is 13.0. The van der Waals surface area contributed by atoms with Crippen LogP contribution in [0.5, 0.6) is 11.5 Å². The number of benzene rings is 2. The van der Waals surface area contributed by atoms with Crippen molar-refractivity contribution in [1.82, 2.24) is 9.88 Å². The topological polar surface area (TPSA) is 155 Å². The number of H-pyrrole nitrogens is 1. The maximum Gasteiger partial charge on any atom is 0.305 e. The summed E-state index contributed by atoms with van der Waals surface area (Å²) < 4.78 is 11.5. The second kappa shape index (κ2) is 11.4. The van der Waals surface area contributed by atoms with Crippen LogP contribution in [0.25, 0.3) is 0 Å². The van der Waals surface area contributed by atoms with Crippen molar-refractivity contribution in [1.29, 1.82) is 0 Å². The van der Waals surface area contributed by atoms with E-state index in [0.717, 1.165) is 43.7 Å². The number of carbonyl (C=O) groups excluding carboxylic acids is 3. The average Bonchev–Trinajstić information content (AvgIpc) is 3.75. The molecular weight excluding hydrogens is 618 g/mol. The van der Waals surface area contributed by atoms with Gasteiger partial charge in [0.25, 0.3) is 5.91 Å². The molecule has 3 aromatic rings. The van der Waals surface area contributed by atoms with E-state index in [1.807, 2.05) is 43.3 Å². The van der Waals surface area contributed by atoms with E-state index in [1.54, 1.807) is 17.8 Å². The first kappa shape index (κ1) is 29.6. The number of thiazole rings is 1. The molecule has 2 bridgehead atoms. The number of carboxylic acids is 1. The molecule has 13 heteroatoms. The average molecular weight is 650 g/mol. The van der Waals surface area contributed by atoms with E-state index in [1.165, 1.54) is 7.11 Å². The maximum atomic E-state index is 13.6. The predicted molar refractivity (Wildman–Crippen MR) is 166 cm³/mol. The van der Waals surface area contributed by atoms with Crippen molar-refractivity contribution in [2.24, 2.45) is 29.6 Å². The minimum atomic E-state index is -1.05. The minimum Gasteiger partial charge on any atom is -0.493 e. The van der Waals surface area contributed by atoms with Crippen LogP contribution in [0, 0.1) is 36.5 Å². The number of aliphatic carboxylic acids is 1. The van der Waals surface area contributed by atoms with Crippen LogP contribution in [-0.4, -0.2) is 64.2 Å². The first-order valence-corrected chi connectivity index (χ1v) is 16.5. The second-order valence-electron chi connectivity index (χ2n) is 12.0. The Kier molecular flexibility index (Phi) is 7.47. The Hall–Kier alpha value is -4.10. The number of fused-ring (bicyclic) bond motifs is 9. The quantitative estimate of drug-likeness (QED) is 0.294. The lowest BCUT2D eigenvalue weighted by Gasteiger charge is -2.43. The third-order valence-corrected chi connectivity index (χ3v) is 12.2. The third-order valence-electron chi connectivity index (χ3n) is 9.61. The number of methoxy groups -OCH3 is 1. The number of nitrogens with one attached hydrogen (secondary N) is 2. The largest absolute Gasteiger partial charge is 0.493 e. The molecule has 1 saturated heterocycles. The van der Waals surface area contributed by atoms with Gasteiger partial charge in [0, 0.05) is 28.3 Å². The fourth-order valence-electron chi connectivity index (χ4n) is 7.85. The van der Waals surface area contributed by atoms with Crippen LogP contribution in [0.1, 0.15) is 34.8 Å². The van der Waals surface area contributed by atoms with Crippen LogP contribution in [0.3, 0.4) is 0 Å². The molecule has 2 aromatic carbocycles. The Morgan fingerprint density at radius 1 is 1.04 bits per heavy atom. The number of carbonyl (C=O) groups is 4. The van der Waals surface area contributed by atoms with Crippen molar-refractivity contribution in [2.45, 2.75) is 36.0 Å². The van der Waals surface area contributed by atoms with E-state index < -0.39 is 17.8 Å². The number of anilines is 1. The van der Waals surface area contributed by atoms with Gasteiger partial charge in [-0.3, -0.25) is 28.9 Å². The van der Waals surface area contributed by atoms with Gasteiger partial charge in [0.2, 0.25) is 11.8 Å².